The highest BCUT2D eigenvalue weighted by Crippen LogP contribution is 2.43. The molecule has 3 aromatic rings. The number of ketones is 1. The second-order valence-corrected chi connectivity index (χ2v) is 15.5. The molecule has 58 heavy (non-hydrogen) atoms. The molecule has 306 valence electrons. The van der Waals surface area contributed by atoms with E-state index in [-0.39, 0.29) is 23.0 Å². The number of unbranched alkanes of at least 4 members (excludes halogenated alkanes) is 6. The Hall–Kier alpha value is -5.50. The van der Waals surface area contributed by atoms with E-state index in [4.69, 9.17) is 0 Å². The Morgan fingerprint density at radius 3 is 1.84 bits per heavy atom. The summed E-state index contributed by atoms with van der Waals surface area (Å²) < 4.78 is 2.23. The highest BCUT2D eigenvalue weighted by atomic mass is 16.3. The summed E-state index contributed by atoms with van der Waals surface area (Å²) in [6, 6.07) is 22.8. The van der Waals surface area contributed by atoms with Crippen molar-refractivity contribution in [2.24, 2.45) is 0 Å². The lowest BCUT2D eigenvalue weighted by Gasteiger charge is -2.34. The zero-order chi connectivity index (χ0) is 41.6. The first-order valence-corrected chi connectivity index (χ1v) is 21.5. The highest BCUT2D eigenvalue weighted by molar-refractivity contribution is 6.40. The third kappa shape index (κ3) is 10.9. The largest absolute Gasteiger partial charge is 0.871 e. The average molecular weight is 783 g/mol. The molecule has 8 nitrogen and oxygen atoms in total. The number of nitrogens with zero attached hydrogens (tertiary/aromatic N) is 2. The molecule has 0 aromatic heterocycles. The maximum absolute atomic E-state index is 14.2. The minimum atomic E-state index is -0.423. The molecule has 2 N–H and O–H groups in total. The van der Waals surface area contributed by atoms with E-state index in [0.29, 0.717) is 22.5 Å². The van der Waals surface area contributed by atoms with Gasteiger partial charge in [0.15, 0.2) is 5.78 Å². The van der Waals surface area contributed by atoms with Gasteiger partial charge in [0, 0.05) is 84.8 Å². The number of carbonyl (C=O) groups excluding carboxylic acids is 3. The van der Waals surface area contributed by atoms with Crippen molar-refractivity contribution >= 4 is 51.6 Å². The molecule has 0 atom stereocenters. The van der Waals surface area contributed by atoms with Crippen molar-refractivity contribution < 1.29 is 24.1 Å². The van der Waals surface area contributed by atoms with Gasteiger partial charge < -0.3 is 20.6 Å². The average Bonchev–Trinajstić information content (AvgIpc) is 3.21. The number of hydrogen-bond donors (Lipinski definition) is 2. The SMILES string of the molecule is CCCCCN(c1ccc(CCCC)cc1)c1ccc(C2=C([O-])/C(=C3C=C/C(=[N+](\CCCCC)c4ccc(CCCC)cc4)C=C\3NC(C)=O)C2=O)c(NC(C)=O)c1. The van der Waals surface area contributed by atoms with Gasteiger partial charge in [-0.3, -0.25) is 14.4 Å². The highest BCUT2D eigenvalue weighted by Gasteiger charge is 2.35. The Morgan fingerprint density at radius 1 is 0.672 bits per heavy atom. The number of carbonyl (C=O) groups is 3. The van der Waals surface area contributed by atoms with Gasteiger partial charge in [-0.15, -0.1) is 0 Å². The summed E-state index contributed by atoms with van der Waals surface area (Å²) in [6.07, 6.45) is 18.5. The van der Waals surface area contributed by atoms with Gasteiger partial charge >= 0.3 is 0 Å². The van der Waals surface area contributed by atoms with Crippen LogP contribution >= 0.6 is 0 Å². The quantitative estimate of drug-likeness (QED) is 0.0675. The van der Waals surface area contributed by atoms with Crippen LogP contribution in [0.4, 0.5) is 22.7 Å². The van der Waals surface area contributed by atoms with E-state index in [0.717, 1.165) is 113 Å². The molecule has 3 aromatic carbocycles. The number of aryl methyl sites for hydroxylation is 2. The Bertz CT molecular complexity index is 2100. The van der Waals surface area contributed by atoms with Gasteiger partial charge in [-0.2, -0.15) is 4.58 Å². The Kier molecular flexibility index (Phi) is 16.0. The van der Waals surface area contributed by atoms with Crippen molar-refractivity contribution in [2.75, 3.05) is 23.3 Å². The van der Waals surface area contributed by atoms with Gasteiger partial charge in [-0.05, 0) is 80.0 Å². The Morgan fingerprint density at radius 2 is 1.26 bits per heavy atom. The molecule has 0 fully saturated rings. The summed E-state index contributed by atoms with van der Waals surface area (Å²) in [6.45, 7) is 13.1. The van der Waals surface area contributed by atoms with E-state index in [9.17, 15) is 19.5 Å². The first-order chi connectivity index (χ1) is 28.1. The number of amides is 2. The van der Waals surface area contributed by atoms with E-state index in [1.54, 1.807) is 12.1 Å². The number of allylic oxidation sites excluding steroid dienone is 5. The molecule has 0 saturated heterocycles. The zero-order valence-corrected chi connectivity index (χ0v) is 35.5. The first-order valence-electron chi connectivity index (χ1n) is 21.5. The van der Waals surface area contributed by atoms with Crippen molar-refractivity contribution in [3.63, 3.8) is 0 Å². The minimum absolute atomic E-state index is 0.0188. The second-order valence-electron chi connectivity index (χ2n) is 15.5. The number of nitrogens with one attached hydrogen (secondary N) is 2. The van der Waals surface area contributed by atoms with Crippen LogP contribution in [0.3, 0.4) is 0 Å². The molecule has 2 amide bonds. The van der Waals surface area contributed by atoms with Gasteiger partial charge in [0.1, 0.15) is 6.54 Å². The normalized spacial score (nSPS) is 15.9. The number of hydrogen-bond acceptors (Lipinski definition) is 5. The maximum Gasteiger partial charge on any atom is 0.221 e. The van der Waals surface area contributed by atoms with Crippen molar-refractivity contribution in [3.05, 3.63) is 124 Å². The number of benzene rings is 3. The van der Waals surface area contributed by atoms with Crippen molar-refractivity contribution in [2.45, 2.75) is 119 Å². The van der Waals surface area contributed by atoms with E-state index in [2.05, 4.69) is 96.3 Å². The van der Waals surface area contributed by atoms with Gasteiger partial charge in [0.2, 0.25) is 23.2 Å². The van der Waals surface area contributed by atoms with Gasteiger partial charge in [0.25, 0.3) is 0 Å². The van der Waals surface area contributed by atoms with Crippen molar-refractivity contribution in [1.82, 2.24) is 5.32 Å². The lowest BCUT2D eigenvalue weighted by atomic mass is 9.78. The smallest absolute Gasteiger partial charge is 0.221 e. The summed E-state index contributed by atoms with van der Waals surface area (Å²) >= 11 is 0. The van der Waals surface area contributed by atoms with E-state index < -0.39 is 11.5 Å². The Labute approximate surface area is 346 Å². The zero-order valence-electron chi connectivity index (χ0n) is 35.5. The first kappa shape index (κ1) is 43.6. The maximum atomic E-state index is 14.2. The summed E-state index contributed by atoms with van der Waals surface area (Å²) in [5.41, 5.74) is 8.00. The second kappa shape index (κ2) is 21.3. The summed E-state index contributed by atoms with van der Waals surface area (Å²) in [7, 11) is 0. The lowest BCUT2D eigenvalue weighted by Crippen LogP contribution is -2.33. The van der Waals surface area contributed by atoms with E-state index >= 15 is 0 Å². The van der Waals surface area contributed by atoms with Gasteiger partial charge in [-0.25, -0.2) is 0 Å². The van der Waals surface area contributed by atoms with Crippen LogP contribution in [0.25, 0.3) is 5.57 Å². The van der Waals surface area contributed by atoms with E-state index in [1.165, 1.54) is 25.0 Å². The molecule has 0 heterocycles. The standard InChI is InChI=1S/C50H62N4O4/c1-7-11-15-31-53(39-23-19-37(20-24-39)17-13-9-3)41-27-29-43(45(33-41)51-35(5)55)47-49(57)48(50(47)58)44-30-28-42(34-46(44)52-36(6)56)54(32-16-12-8-2)40-25-21-38(22-26-40)18-14-10-4/h19-30,33-34H,7-18,31-32H2,1-6H3,(H2,51,52,55,56,57,58). The fourth-order valence-electron chi connectivity index (χ4n) is 7.61. The van der Waals surface area contributed by atoms with E-state index in [1.807, 2.05) is 24.3 Å². The van der Waals surface area contributed by atoms with Crippen LogP contribution in [-0.2, 0) is 27.2 Å². The molecule has 8 heteroatoms. The number of anilines is 3. The monoisotopic (exact) mass is 782 g/mol. The summed E-state index contributed by atoms with van der Waals surface area (Å²) in [5.74, 6) is -1.45. The van der Waals surface area contributed by atoms with Crippen LogP contribution in [0.15, 0.2) is 108 Å². The van der Waals surface area contributed by atoms with Gasteiger partial charge in [0.05, 0.1) is 11.4 Å². The molecule has 0 unspecified atom stereocenters. The van der Waals surface area contributed by atoms with Crippen LogP contribution in [-0.4, -0.2) is 41.0 Å². The number of rotatable bonds is 20. The van der Waals surface area contributed by atoms with Crippen LogP contribution < -0.4 is 20.6 Å². The molecule has 0 saturated carbocycles. The van der Waals surface area contributed by atoms with Crippen molar-refractivity contribution in [3.8, 4) is 0 Å². The van der Waals surface area contributed by atoms with Crippen LogP contribution in [0.5, 0.6) is 0 Å². The topological polar surface area (TPSA) is 105 Å². The summed E-state index contributed by atoms with van der Waals surface area (Å²) in [4.78, 5) is 41.5. The van der Waals surface area contributed by atoms with Gasteiger partial charge in [-0.1, -0.05) is 95.9 Å². The fourth-order valence-corrected chi connectivity index (χ4v) is 7.61. The molecule has 0 spiro atoms. The van der Waals surface area contributed by atoms with Crippen molar-refractivity contribution in [1.29, 1.82) is 0 Å². The Balaban J connectivity index is 1.55. The fraction of sp³-hybridized carbons (Fsp3) is 0.400. The molecule has 2 aliphatic rings. The molecule has 0 aliphatic heterocycles. The third-order valence-electron chi connectivity index (χ3n) is 10.8. The molecule has 0 bridgehead atoms. The molecule has 0 radical (unpaired) electrons. The third-order valence-corrected chi connectivity index (χ3v) is 10.8. The minimum Gasteiger partial charge on any atom is -0.871 e. The molecule has 5 rings (SSSR count). The lowest BCUT2D eigenvalue weighted by molar-refractivity contribution is -0.439. The molecular formula is C50H62N4O4. The molecule has 2 aliphatic carbocycles. The summed E-state index contributed by atoms with van der Waals surface area (Å²) in [5, 5.41) is 20.0. The predicted octanol–water partition coefficient (Wildman–Crippen LogP) is 10.2. The van der Waals surface area contributed by atoms with Crippen LogP contribution in [0.1, 0.15) is 122 Å². The number of Topliss-reactive ketones (excluding diaryl/α,β-unsaturated/α-hetero) is 1. The van der Waals surface area contributed by atoms with Crippen LogP contribution in [0.2, 0.25) is 0 Å². The predicted molar refractivity (Wildman–Crippen MR) is 237 cm³/mol. The van der Waals surface area contributed by atoms with Crippen LogP contribution in [0, 0.1) is 0 Å². The molecular weight excluding hydrogens is 721 g/mol.